The zero-order chi connectivity index (χ0) is 24.0. The summed E-state index contributed by atoms with van der Waals surface area (Å²) in [7, 11) is -4.43. The van der Waals surface area contributed by atoms with Gasteiger partial charge in [0.2, 0.25) is 10.0 Å². The van der Waals surface area contributed by atoms with Gasteiger partial charge in [0.05, 0.1) is 17.0 Å². The maximum absolute atomic E-state index is 12.8. The van der Waals surface area contributed by atoms with Gasteiger partial charge in [0.1, 0.15) is 22.7 Å². The first-order chi connectivity index (χ1) is 15.5. The molecule has 0 bridgehead atoms. The van der Waals surface area contributed by atoms with Crippen LogP contribution in [-0.2, 0) is 10.0 Å². The van der Waals surface area contributed by atoms with Crippen molar-refractivity contribution in [3.63, 3.8) is 0 Å². The van der Waals surface area contributed by atoms with Gasteiger partial charge in [0.25, 0.3) is 0 Å². The highest BCUT2D eigenvalue weighted by molar-refractivity contribution is 7.89. The zero-order valence-corrected chi connectivity index (χ0v) is 18.8. The van der Waals surface area contributed by atoms with E-state index >= 15 is 0 Å². The zero-order valence-electron chi connectivity index (χ0n) is 18.0. The SMILES string of the molecule is Cc1cnc2c(c1)c(C#N)c(-c1ccc(S(=O)(=O)N[C@H](C)C(F)(F)F)cn1)n2C1CCCC1. The molecule has 11 heteroatoms. The van der Waals surface area contributed by atoms with Crippen molar-refractivity contribution in [2.45, 2.75) is 62.7 Å². The van der Waals surface area contributed by atoms with E-state index in [0.29, 0.717) is 28.0 Å². The second-order valence-corrected chi connectivity index (χ2v) is 10.0. The molecule has 0 saturated heterocycles. The molecule has 3 aromatic heterocycles. The van der Waals surface area contributed by atoms with E-state index in [1.807, 2.05) is 17.6 Å². The Hall–Kier alpha value is -2.97. The lowest BCUT2D eigenvalue weighted by Gasteiger charge is -2.18. The molecule has 0 radical (unpaired) electrons. The van der Waals surface area contributed by atoms with Crippen molar-refractivity contribution in [1.29, 1.82) is 5.26 Å². The molecule has 1 aliphatic rings. The van der Waals surface area contributed by atoms with E-state index in [4.69, 9.17) is 0 Å². The lowest BCUT2D eigenvalue weighted by molar-refractivity contribution is -0.147. The Morgan fingerprint density at radius 3 is 2.48 bits per heavy atom. The molecule has 3 heterocycles. The maximum atomic E-state index is 12.8. The molecule has 1 N–H and O–H groups in total. The standard InChI is InChI=1S/C22H22F3N5O2S/c1-13-9-17-18(10-26)20(30(21(17)28-11-13)15-5-3-4-6-15)19-8-7-16(12-27-19)33(31,32)29-14(2)22(23,24)25/h7-9,11-12,14-15,29H,3-6H2,1-2H3/t14-/m1/s1. The fourth-order valence-corrected chi connectivity index (χ4v) is 5.40. The topological polar surface area (TPSA) is 101 Å². The number of nitriles is 1. The highest BCUT2D eigenvalue weighted by Crippen LogP contribution is 2.40. The maximum Gasteiger partial charge on any atom is 0.404 e. The van der Waals surface area contributed by atoms with Crippen molar-refractivity contribution >= 4 is 21.1 Å². The van der Waals surface area contributed by atoms with Crippen molar-refractivity contribution < 1.29 is 21.6 Å². The number of pyridine rings is 2. The molecule has 1 atom stereocenters. The molecule has 0 aromatic carbocycles. The van der Waals surface area contributed by atoms with Gasteiger partial charge in [-0.3, -0.25) is 4.98 Å². The summed E-state index contributed by atoms with van der Waals surface area (Å²) >= 11 is 0. The van der Waals surface area contributed by atoms with Crippen molar-refractivity contribution in [3.05, 3.63) is 41.7 Å². The minimum atomic E-state index is -4.71. The third-order valence-corrected chi connectivity index (χ3v) is 7.42. The predicted molar refractivity (Wildman–Crippen MR) is 116 cm³/mol. The average molecular weight is 478 g/mol. The van der Waals surface area contributed by atoms with E-state index in [2.05, 4.69) is 16.0 Å². The Morgan fingerprint density at radius 2 is 1.91 bits per heavy atom. The summed E-state index contributed by atoms with van der Waals surface area (Å²) < 4.78 is 66.8. The van der Waals surface area contributed by atoms with E-state index in [0.717, 1.165) is 44.4 Å². The lowest BCUT2D eigenvalue weighted by atomic mass is 10.1. The largest absolute Gasteiger partial charge is 0.404 e. The van der Waals surface area contributed by atoms with Gasteiger partial charge < -0.3 is 4.57 Å². The van der Waals surface area contributed by atoms with E-state index < -0.39 is 27.1 Å². The molecule has 0 aliphatic heterocycles. The molecule has 0 amide bonds. The number of fused-ring (bicyclic) bond motifs is 1. The Morgan fingerprint density at radius 1 is 1.21 bits per heavy atom. The van der Waals surface area contributed by atoms with Crippen LogP contribution in [0.15, 0.2) is 35.5 Å². The molecule has 0 spiro atoms. The molecule has 174 valence electrons. The van der Waals surface area contributed by atoms with Gasteiger partial charge in [-0.2, -0.15) is 23.2 Å². The first-order valence-electron chi connectivity index (χ1n) is 10.5. The van der Waals surface area contributed by atoms with Crippen LogP contribution in [0.1, 0.15) is 49.8 Å². The van der Waals surface area contributed by atoms with Crippen LogP contribution >= 0.6 is 0 Å². The molecule has 1 aliphatic carbocycles. The van der Waals surface area contributed by atoms with E-state index in [1.165, 1.54) is 12.1 Å². The van der Waals surface area contributed by atoms with Crippen molar-refractivity contribution in [1.82, 2.24) is 19.3 Å². The monoisotopic (exact) mass is 477 g/mol. The van der Waals surface area contributed by atoms with Crippen LogP contribution in [0, 0.1) is 18.3 Å². The molecular weight excluding hydrogens is 455 g/mol. The summed E-state index contributed by atoms with van der Waals surface area (Å²) in [5.74, 6) is 0. The van der Waals surface area contributed by atoms with Crippen LogP contribution in [0.25, 0.3) is 22.4 Å². The lowest BCUT2D eigenvalue weighted by Crippen LogP contribution is -2.42. The highest BCUT2D eigenvalue weighted by atomic mass is 32.2. The summed E-state index contributed by atoms with van der Waals surface area (Å²) in [5, 5.41) is 10.6. The van der Waals surface area contributed by atoms with Crippen LogP contribution < -0.4 is 4.72 Å². The second kappa shape index (κ2) is 8.43. The highest BCUT2D eigenvalue weighted by Gasteiger charge is 2.39. The number of hydrogen-bond donors (Lipinski definition) is 1. The van der Waals surface area contributed by atoms with Crippen LogP contribution in [0.2, 0.25) is 0 Å². The Kier molecular flexibility index (Phi) is 5.92. The minimum absolute atomic E-state index is 0.124. The van der Waals surface area contributed by atoms with Gasteiger partial charge >= 0.3 is 6.18 Å². The predicted octanol–water partition coefficient (Wildman–Crippen LogP) is 4.62. The third kappa shape index (κ3) is 4.32. The smallest absolute Gasteiger partial charge is 0.320 e. The first kappa shape index (κ1) is 23.2. The van der Waals surface area contributed by atoms with Gasteiger partial charge in [-0.05, 0) is 50.5 Å². The van der Waals surface area contributed by atoms with Gasteiger partial charge in [0, 0.05) is 23.8 Å². The summed E-state index contributed by atoms with van der Waals surface area (Å²) in [6.07, 6.45) is 1.96. The quantitative estimate of drug-likeness (QED) is 0.578. The van der Waals surface area contributed by atoms with Crippen molar-refractivity contribution in [2.75, 3.05) is 0 Å². The number of alkyl halides is 3. The number of sulfonamides is 1. The molecule has 1 saturated carbocycles. The minimum Gasteiger partial charge on any atom is -0.320 e. The molecule has 0 unspecified atom stereocenters. The van der Waals surface area contributed by atoms with Gasteiger partial charge in [-0.15, -0.1) is 0 Å². The molecule has 7 nitrogen and oxygen atoms in total. The number of halogens is 3. The van der Waals surface area contributed by atoms with Crippen LogP contribution in [0.3, 0.4) is 0 Å². The van der Waals surface area contributed by atoms with Gasteiger partial charge in [0.15, 0.2) is 0 Å². The van der Waals surface area contributed by atoms with Crippen LogP contribution in [0.5, 0.6) is 0 Å². The van der Waals surface area contributed by atoms with E-state index in [9.17, 15) is 26.9 Å². The van der Waals surface area contributed by atoms with Crippen molar-refractivity contribution in [3.8, 4) is 17.5 Å². The number of nitrogens with zero attached hydrogens (tertiary/aromatic N) is 4. The van der Waals surface area contributed by atoms with Gasteiger partial charge in [-0.25, -0.2) is 13.4 Å². The van der Waals surface area contributed by atoms with E-state index in [-0.39, 0.29) is 6.04 Å². The van der Waals surface area contributed by atoms with E-state index in [1.54, 1.807) is 10.9 Å². The number of hydrogen-bond acceptors (Lipinski definition) is 5. The number of rotatable bonds is 5. The summed E-state index contributed by atoms with van der Waals surface area (Å²) in [4.78, 5) is 8.42. The molecule has 4 rings (SSSR count). The summed E-state index contributed by atoms with van der Waals surface area (Å²) in [6.45, 7) is 2.61. The Balaban J connectivity index is 1.81. The fourth-order valence-electron chi connectivity index (χ4n) is 4.22. The number of aryl methyl sites for hydroxylation is 1. The van der Waals surface area contributed by atoms with Crippen LogP contribution in [0.4, 0.5) is 13.2 Å². The number of aromatic nitrogens is 3. The van der Waals surface area contributed by atoms with Crippen LogP contribution in [-0.4, -0.2) is 35.2 Å². The normalized spacial score (nSPS) is 16.2. The number of nitrogens with one attached hydrogen (secondary N) is 1. The third-order valence-electron chi connectivity index (χ3n) is 5.89. The second-order valence-electron chi connectivity index (χ2n) is 8.29. The molecular formula is C22H22F3N5O2S. The first-order valence-corrected chi connectivity index (χ1v) is 12.0. The molecule has 3 aromatic rings. The summed E-state index contributed by atoms with van der Waals surface area (Å²) in [6, 6.07) is 4.62. The average Bonchev–Trinajstić information content (AvgIpc) is 3.38. The Labute approximate surface area is 189 Å². The Bertz CT molecular complexity index is 1340. The van der Waals surface area contributed by atoms with Gasteiger partial charge in [-0.1, -0.05) is 12.8 Å². The van der Waals surface area contributed by atoms with Crippen molar-refractivity contribution in [2.24, 2.45) is 0 Å². The molecule has 1 fully saturated rings. The summed E-state index contributed by atoms with van der Waals surface area (Å²) in [5.41, 5.74) is 2.85. The fraction of sp³-hybridized carbons (Fsp3) is 0.409. The molecule has 33 heavy (non-hydrogen) atoms.